The number of carboxylic acid groups (broad SMARTS) is 1. The van der Waals surface area contributed by atoms with Crippen molar-refractivity contribution < 1.29 is 19.4 Å². The van der Waals surface area contributed by atoms with Gasteiger partial charge >= 0.3 is 12.0 Å². The minimum Gasteiger partial charge on any atom is -0.478 e. The maximum atomic E-state index is 11.8. The molecule has 1 aromatic rings. The zero-order chi connectivity index (χ0) is 15.5. The molecule has 0 aliphatic carbocycles. The van der Waals surface area contributed by atoms with Gasteiger partial charge in [0.25, 0.3) is 0 Å². The molecule has 112 valence electrons. The fraction of sp³-hybridized carbons (Fsp3) is 0.538. The second-order valence-electron chi connectivity index (χ2n) is 5.06. The number of carbonyl (C=O) groups excluding carboxylic acids is 1. The minimum atomic E-state index is -1.04. The van der Waals surface area contributed by atoms with Crippen LogP contribution in [0.1, 0.15) is 34.6 Å². The Kier molecular flexibility index (Phi) is 5.13. The molecule has 0 atom stereocenters. The standard InChI is InChI=1S/C13H20N2O4S/c1-7-8(2)20-10(9(7)11(16)17)15-12(18)14-6-13(3,4)19-5/h6H2,1-5H3,(H,16,17)(H2,14,15,18). The van der Waals surface area contributed by atoms with Gasteiger partial charge in [-0.15, -0.1) is 11.3 Å². The second-order valence-corrected chi connectivity index (χ2v) is 6.29. The van der Waals surface area contributed by atoms with Crippen molar-refractivity contribution in [3.63, 3.8) is 0 Å². The molecule has 3 N–H and O–H groups in total. The zero-order valence-electron chi connectivity index (χ0n) is 12.3. The van der Waals surface area contributed by atoms with Crippen LogP contribution in [0.15, 0.2) is 0 Å². The van der Waals surface area contributed by atoms with Crippen molar-refractivity contribution in [3.05, 3.63) is 16.0 Å². The second kappa shape index (κ2) is 6.23. The highest BCUT2D eigenvalue weighted by molar-refractivity contribution is 7.16. The summed E-state index contributed by atoms with van der Waals surface area (Å²) < 4.78 is 5.19. The van der Waals surface area contributed by atoms with Gasteiger partial charge in [0.15, 0.2) is 0 Å². The Morgan fingerprint density at radius 2 is 1.95 bits per heavy atom. The molecule has 1 heterocycles. The number of ether oxygens (including phenoxy) is 1. The van der Waals surface area contributed by atoms with Gasteiger partial charge in [0.05, 0.1) is 11.2 Å². The smallest absolute Gasteiger partial charge is 0.338 e. The molecule has 0 spiro atoms. The van der Waals surface area contributed by atoms with Gasteiger partial charge in [0.1, 0.15) is 5.00 Å². The quantitative estimate of drug-likeness (QED) is 0.780. The molecule has 1 aromatic heterocycles. The maximum absolute atomic E-state index is 11.8. The van der Waals surface area contributed by atoms with Crippen LogP contribution in [0.25, 0.3) is 0 Å². The van der Waals surface area contributed by atoms with Crippen LogP contribution in [0.3, 0.4) is 0 Å². The van der Waals surface area contributed by atoms with E-state index in [1.807, 2.05) is 20.8 Å². The molecular weight excluding hydrogens is 280 g/mol. The molecule has 20 heavy (non-hydrogen) atoms. The number of carboxylic acids is 1. The summed E-state index contributed by atoms with van der Waals surface area (Å²) in [5.41, 5.74) is 0.345. The fourth-order valence-electron chi connectivity index (χ4n) is 1.49. The molecule has 0 saturated carbocycles. The number of rotatable bonds is 5. The number of urea groups is 1. The molecule has 6 nitrogen and oxygen atoms in total. The lowest BCUT2D eigenvalue weighted by molar-refractivity contribution is 0.0257. The molecule has 0 bridgehead atoms. The van der Waals surface area contributed by atoms with E-state index in [4.69, 9.17) is 4.74 Å². The molecule has 0 saturated heterocycles. The summed E-state index contributed by atoms with van der Waals surface area (Å²) in [6.45, 7) is 7.56. The third kappa shape index (κ3) is 3.94. The Morgan fingerprint density at radius 1 is 1.35 bits per heavy atom. The lowest BCUT2D eigenvalue weighted by Crippen LogP contribution is -2.41. The number of carbonyl (C=O) groups is 2. The summed E-state index contributed by atoms with van der Waals surface area (Å²) in [6.07, 6.45) is 0. The molecule has 2 amide bonds. The van der Waals surface area contributed by atoms with E-state index >= 15 is 0 Å². The summed E-state index contributed by atoms with van der Waals surface area (Å²) in [4.78, 5) is 23.9. The van der Waals surface area contributed by atoms with Gasteiger partial charge in [-0.1, -0.05) is 0 Å². The van der Waals surface area contributed by atoms with E-state index in [0.29, 0.717) is 17.1 Å². The van der Waals surface area contributed by atoms with Crippen molar-refractivity contribution in [2.75, 3.05) is 19.0 Å². The largest absolute Gasteiger partial charge is 0.478 e. The number of nitrogens with one attached hydrogen (secondary N) is 2. The molecule has 0 fully saturated rings. The summed E-state index contributed by atoms with van der Waals surface area (Å²) in [5, 5.41) is 14.8. The number of methoxy groups -OCH3 is 1. The molecule has 0 aliphatic heterocycles. The first-order chi connectivity index (χ1) is 9.18. The van der Waals surface area contributed by atoms with Crippen molar-refractivity contribution in [1.29, 1.82) is 0 Å². The Bertz CT molecular complexity index is 523. The van der Waals surface area contributed by atoms with E-state index < -0.39 is 17.6 Å². The highest BCUT2D eigenvalue weighted by atomic mass is 32.1. The number of anilines is 1. The van der Waals surface area contributed by atoms with Crippen LogP contribution in [0.5, 0.6) is 0 Å². The number of thiophene rings is 1. The van der Waals surface area contributed by atoms with E-state index in [1.54, 1.807) is 14.0 Å². The first-order valence-electron chi connectivity index (χ1n) is 6.11. The van der Waals surface area contributed by atoms with E-state index in [1.165, 1.54) is 11.3 Å². The number of amides is 2. The third-order valence-corrected chi connectivity index (χ3v) is 4.18. The third-order valence-electron chi connectivity index (χ3n) is 3.05. The van der Waals surface area contributed by atoms with Crippen LogP contribution in [0.2, 0.25) is 0 Å². The number of aromatic carboxylic acids is 1. The van der Waals surface area contributed by atoms with E-state index in [-0.39, 0.29) is 5.56 Å². The average molecular weight is 300 g/mol. The van der Waals surface area contributed by atoms with Crippen LogP contribution in [0, 0.1) is 13.8 Å². The summed E-state index contributed by atoms with van der Waals surface area (Å²) in [6, 6.07) is -0.445. The van der Waals surface area contributed by atoms with Crippen molar-refractivity contribution in [2.24, 2.45) is 0 Å². The minimum absolute atomic E-state index is 0.147. The number of hydrogen-bond acceptors (Lipinski definition) is 4. The molecule has 0 aromatic carbocycles. The highest BCUT2D eigenvalue weighted by Crippen LogP contribution is 2.32. The molecule has 1 rings (SSSR count). The molecule has 0 radical (unpaired) electrons. The summed E-state index contributed by atoms with van der Waals surface area (Å²) >= 11 is 1.25. The van der Waals surface area contributed by atoms with Gasteiger partial charge in [-0.3, -0.25) is 5.32 Å². The SMILES string of the molecule is COC(C)(C)CNC(=O)Nc1sc(C)c(C)c1C(=O)O. The van der Waals surface area contributed by atoms with Gasteiger partial charge in [-0.25, -0.2) is 9.59 Å². The van der Waals surface area contributed by atoms with E-state index in [2.05, 4.69) is 10.6 Å². The topological polar surface area (TPSA) is 87.7 Å². The van der Waals surface area contributed by atoms with Crippen molar-refractivity contribution in [2.45, 2.75) is 33.3 Å². The van der Waals surface area contributed by atoms with Crippen molar-refractivity contribution in [1.82, 2.24) is 5.32 Å². The maximum Gasteiger partial charge on any atom is 0.338 e. The Morgan fingerprint density at radius 3 is 2.45 bits per heavy atom. The summed E-state index contributed by atoms with van der Waals surface area (Å²) in [5.74, 6) is -1.04. The molecular formula is C13H20N2O4S. The Hall–Kier alpha value is -1.60. The first kappa shape index (κ1) is 16.5. The predicted octanol–water partition coefficient (Wildman–Crippen LogP) is 2.61. The number of aryl methyl sites for hydroxylation is 1. The van der Waals surface area contributed by atoms with Crippen molar-refractivity contribution >= 4 is 28.3 Å². The van der Waals surface area contributed by atoms with Crippen LogP contribution in [-0.2, 0) is 4.74 Å². The predicted molar refractivity (Wildman–Crippen MR) is 78.9 cm³/mol. The lowest BCUT2D eigenvalue weighted by atomic mass is 10.1. The van der Waals surface area contributed by atoms with E-state index in [9.17, 15) is 14.7 Å². The molecule has 0 unspecified atom stereocenters. The highest BCUT2D eigenvalue weighted by Gasteiger charge is 2.21. The van der Waals surface area contributed by atoms with Gasteiger partial charge in [0, 0.05) is 18.5 Å². The number of hydrogen-bond donors (Lipinski definition) is 3. The monoisotopic (exact) mass is 300 g/mol. The molecule has 0 aliphatic rings. The summed E-state index contributed by atoms with van der Waals surface area (Å²) in [7, 11) is 1.56. The first-order valence-corrected chi connectivity index (χ1v) is 6.93. The lowest BCUT2D eigenvalue weighted by Gasteiger charge is -2.23. The fourth-order valence-corrected chi connectivity index (χ4v) is 2.53. The van der Waals surface area contributed by atoms with Gasteiger partial charge in [-0.05, 0) is 33.3 Å². The van der Waals surface area contributed by atoms with Crippen LogP contribution < -0.4 is 10.6 Å². The van der Waals surface area contributed by atoms with Gasteiger partial charge < -0.3 is 15.2 Å². The molecule has 7 heteroatoms. The Balaban J connectivity index is 2.77. The Labute approximate surface area is 122 Å². The van der Waals surface area contributed by atoms with Crippen LogP contribution in [-0.4, -0.2) is 36.4 Å². The average Bonchev–Trinajstić information content (AvgIpc) is 2.62. The van der Waals surface area contributed by atoms with Crippen LogP contribution >= 0.6 is 11.3 Å². The van der Waals surface area contributed by atoms with Crippen LogP contribution in [0.4, 0.5) is 9.80 Å². The van der Waals surface area contributed by atoms with Gasteiger partial charge in [-0.2, -0.15) is 0 Å². The zero-order valence-corrected chi connectivity index (χ0v) is 13.1. The van der Waals surface area contributed by atoms with Crippen molar-refractivity contribution in [3.8, 4) is 0 Å². The van der Waals surface area contributed by atoms with Gasteiger partial charge in [0.2, 0.25) is 0 Å². The normalized spacial score (nSPS) is 11.2. The van der Waals surface area contributed by atoms with E-state index in [0.717, 1.165) is 4.88 Å².